The smallest absolute Gasteiger partial charge is 0.118 e. The van der Waals surface area contributed by atoms with Crippen LogP contribution in [0.25, 0.3) is 0 Å². The second-order valence-electron chi connectivity index (χ2n) is 7.15. The van der Waals surface area contributed by atoms with Gasteiger partial charge in [-0.1, -0.05) is 63.8 Å². The summed E-state index contributed by atoms with van der Waals surface area (Å²) in [5.41, 5.74) is 4.13. The summed E-state index contributed by atoms with van der Waals surface area (Å²) in [5.74, 6) is 0.683. The highest BCUT2D eigenvalue weighted by molar-refractivity contribution is 5.46. The van der Waals surface area contributed by atoms with Gasteiger partial charge in [-0.15, -0.1) is 0 Å². The molecule has 0 fully saturated rings. The van der Waals surface area contributed by atoms with Crippen molar-refractivity contribution in [2.75, 3.05) is 0 Å². The van der Waals surface area contributed by atoms with Crippen LogP contribution in [0.15, 0.2) is 36.4 Å². The zero-order chi connectivity index (χ0) is 17.7. The van der Waals surface area contributed by atoms with E-state index in [0.29, 0.717) is 11.5 Å². The monoisotopic (exact) mass is 326 g/mol. The number of rotatable bonds is 7. The van der Waals surface area contributed by atoms with Crippen LogP contribution in [-0.4, -0.2) is 10.2 Å². The summed E-state index contributed by atoms with van der Waals surface area (Å²) in [5, 5.41) is 19.7. The molecule has 2 rings (SSSR count). The van der Waals surface area contributed by atoms with Crippen LogP contribution in [0.1, 0.15) is 68.2 Å². The predicted molar refractivity (Wildman–Crippen MR) is 101 cm³/mol. The highest BCUT2D eigenvalue weighted by Crippen LogP contribution is 2.39. The molecule has 2 N–H and O–H groups in total. The topological polar surface area (TPSA) is 40.5 Å². The number of phenols is 2. The molecule has 0 heterocycles. The molecule has 0 saturated heterocycles. The fourth-order valence-electron chi connectivity index (χ4n) is 3.36. The summed E-state index contributed by atoms with van der Waals surface area (Å²) in [6, 6.07) is 11.8. The van der Waals surface area contributed by atoms with Crippen molar-refractivity contribution in [3.63, 3.8) is 0 Å². The number of unbranched alkanes of at least 4 members (excludes halogenated alkanes) is 3. The van der Waals surface area contributed by atoms with E-state index in [-0.39, 0.29) is 5.41 Å². The van der Waals surface area contributed by atoms with Crippen LogP contribution >= 0.6 is 0 Å². The Morgan fingerprint density at radius 2 is 1.29 bits per heavy atom. The molecule has 0 aliphatic heterocycles. The van der Waals surface area contributed by atoms with Crippen molar-refractivity contribution >= 4 is 0 Å². The van der Waals surface area contributed by atoms with Gasteiger partial charge in [0.1, 0.15) is 11.5 Å². The van der Waals surface area contributed by atoms with E-state index in [2.05, 4.69) is 26.0 Å². The Morgan fingerprint density at radius 3 is 1.71 bits per heavy atom. The van der Waals surface area contributed by atoms with Gasteiger partial charge in [0.25, 0.3) is 0 Å². The van der Waals surface area contributed by atoms with Crippen molar-refractivity contribution in [2.24, 2.45) is 0 Å². The number of aryl methyl sites for hydroxylation is 2. The summed E-state index contributed by atoms with van der Waals surface area (Å²) < 4.78 is 0. The highest BCUT2D eigenvalue weighted by Gasteiger charge is 2.29. The maximum absolute atomic E-state index is 9.87. The van der Waals surface area contributed by atoms with Crippen LogP contribution < -0.4 is 0 Å². The van der Waals surface area contributed by atoms with Crippen molar-refractivity contribution in [3.05, 3.63) is 58.7 Å². The third-order valence-electron chi connectivity index (χ3n) is 5.20. The molecular formula is C22H30O2. The lowest BCUT2D eigenvalue weighted by Crippen LogP contribution is -2.24. The lowest BCUT2D eigenvalue weighted by molar-refractivity contribution is 0.459. The molecule has 0 bridgehead atoms. The quantitative estimate of drug-likeness (QED) is 0.613. The minimum absolute atomic E-state index is 0.120. The fraction of sp³-hybridized carbons (Fsp3) is 0.455. The molecule has 24 heavy (non-hydrogen) atoms. The van der Waals surface area contributed by atoms with E-state index in [0.717, 1.165) is 17.5 Å². The van der Waals surface area contributed by atoms with E-state index in [9.17, 15) is 10.2 Å². The Bertz CT molecular complexity index is 637. The average molecular weight is 326 g/mol. The summed E-state index contributed by atoms with van der Waals surface area (Å²) in [4.78, 5) is 0. The molecule has 130 valence electrons. The Balaban J connectivity index is 2.43. The predicted octanol–water partition coefficient (Wildman–Crippen LogP) is 5.99. The van der Waals surface area contributed by atoms with Gasteiger partial charge in [0.2, 0.25) is 0 Å². The minimum Gasteiger partial charge on any atom is -0.508 e. The summed E-state index contributed by atoms with van der Waals surface area (Å²) >= 11 is 0. The van der Waals surface area contributed by atoms with Crippen LogP contribution in [-0.2, 0) is 5.41 Å². The maximum atomic E-state index is 9.87. The van der Waals surface area contributed by atoms with Crippen LogP contribution in [0.5, 0.6) is 11.5 Å². The second-order valence-corrected chi connectivity index (χ2v) is 7.15. The molecule has 0 aromatic heterocycles. The van der Waals surface area contributed by atoms with Crippen LogP contribution in [0, 0.1) is 13.8 Å². The molecular weight excluding hydrogens is 296 g/mol. The van der Waals surface area contributed by atoms with Gasteiger partial charge in [0.05, 0.1) is 0 Å². The Morgan fingerprint density at radius 1 is 0.792 bits per heavy atom. The molecule has 2 aromatic carbocycles. The van der Waals surface area contributed by atoms with Gasteiger partial charge in [0.15, 0.2) is 0 Å². The maximum Gasteiger partial charge on any atom is 0.118 e. The highest BCUT2D eigenvalue weighted by atomic mass is 16.3. The Labute approximate surface area is 146 Å². The van der Waals surface area contributed by atoms with Crippen molar-refractivity contribution in [3.8, 4) is 11.5 Å². The second kappa shape index (κ2) is 7.74. The number of hydrogen-bond acceptors (Lipinski definition) is 2. The molecule has 0 aliphatic carbocycles. The number of aromatic hydroxyl groups is 2. The first-order valence-corrected chi connectivity index (χ1v) is 8.98. The van der Waals surface area contributed by atoms with E-state index < -0.39 is 0 Å². The van der Waals surface area contributed by atoms with Gasteiger partial charge in [0, 0.05) is 5.41 Å². The Hall–Kier alpha value is -1.96. The molecule has 0 atom stereocenters. The van der Waals surface area contributed by atoms with Crippen molar-refractivity contribution in [1.82, 2.24) is 0 Å². The van der Waals surface area contributed by atoms with E-state index in [1.54, 1.807) is 12.1 Å². The molecule has 0 aliphatic rings. The largest absolute Gasteiger partial charge is 0.508 e. The Kier molecular flexibility index (Phi) is 5.93. The first kappa shape index (κ1) is 18.4. The SMILES string of the molecule is CCCCCCC(C)(c1ccc(O)c(C)c1)c1ccc(O)c(C)c1. The number of benzene rings is 2. The van der Waals surface area contributed by atoms with Gasteiger partial charge >= 0.3 is 0 Å². The lowest BCUT2D eigenvalue weighted by Gasteiger charge is -2.32. The van der Waals surface area contributed by atoms with E-state index in [1.165, 1.54) is 36.8 Å². The van der Waals surface area contributed by atoms with Crippen LogP contribution in [0.2, 0.25) is 0 Å². The molecule has 2 nitrogen and oxygen atoms in total. The molecule has 2 heteroatoms. The number of phenolic OH excluding ortho intramolecular Hbond substituents is 2. The standard InChI is InChI=1S/C22H30O2/c1-5-6-7-8-13-22(4,18-9-11-20(23)16(2)14-18)19-10-12-21(24)17(3)15-19/h9-12,14-15,23-24H,5-8,13H2,1-4H3. The van der Waals surface area contributed by atoms with Crippen molar-refractivity contribution in [1.29, 1.82) is 0 Å². The van der Waals surface area contributed by atoms with E-state index in [1.807, 2.05) is 26.0 Å². The van der Waals surface area contributed by atoms with Crippen LogP contribution in [0.3, 0.4) is 0 Å². The summed E-state index contributed by atoms with van der Waals surface area (Å²) in [6.45, 7) is 8.39. The summed E-state index contributed by atoms with van der Waals surface area (Å²) in [6.07, 6.45) is 5.96. The van der Waals surface area contributed by atoms with Gasteiger partial charge < -0.3 is 10.2 Å². The third kappa shape index (κ3) is 3.92. The van der Waals surface area contributed by atoms with E-state index >= 15 is 0 Å². The van der Waals surface area contributed by atoms with Gasteiger partial charge in [-0.2, -0.15) is 0 Å². The fourth-order valence-corrected chi connectivity index (χ4v) is 3.36. The molecule has 0 saturated carbocycles. The van der Waals surface area contributed by atoms with Gasteiger partial charge in [-0.3, -0.25) is 0 Å². The van der Waals surface area contributed by atoms with Gasteiger partial charge in [-0.25, -0.2) is 0 Å². The normalized spacial score (nSPS) is 11.7. The first-order chi connectivity index (χ1) is 11.4. The molecule has 0 radical (unpaired) electrons. The molecule has 0 spiro atoms. The third-order valence-corrected chi connectivity index (χ3v) is 5.20. The average Bonchev–Trinajstić information content (AvgIpc) is 2.56. The van der Waals surface area contributed by atoms with Crippen LogP contribution in [0.4, 0.5) is 0 Å². The molecule has 0 amide bonds. The van der Waals surface area contributed by atoms with Crippen molar-refractivity contribution in [2.45, 2.75) is 65.2 Å². The minimum atomic E-state index is -0.120. The lowest BCUT2D eigenvalue weighted by atomic mass is 9.72. The van der Waals surface area contributed by atoms with Gasteiger partial charge in [-0.05, 0) is 54.7 Å². The summed E-state index contributed by atoms with van der Waals surface area (Å²) in [7, 11) is 0. The van der Waals surface area contributed by atoms with E-state index in [4.69, 9.17) is 0 Å². The molecule has 2 aromatic rings. The van der Waals surface area contributed by atoms with Crippen molar-refractivity contribution < 1.29 is 10.2 Å². The zero-order valence-electron chi connectivity index (χ0n) is 15.4. The number of hydrogen-bond donors (Lipinski definition) is 2. The first-order valence-electron chi connectivity index (χ1n) is 8.98. The zero-order valence-corrected chi connectivity index (χ0v) is 15.4. The molecule has 0 unspecified atom stereocenters.